The van der Waals surface area contributed by atoms with Gasteiger partial charge in [0.1, 0.15) is 5.75 Å². The Balaban J connectivity index is 1.64. The number of aryl methyl sites for hydroxylation is 1. The highest BCUT2D eigenvalue weighted by atomic mass is 32.1. The summed E-state index contributed by atoms with van der Waals surface area (Å²) in [6.45, 7) is 6.96. The van der Waals surface area contributed by atoms with Crippen molar-refractivity contribution < 1.29 is 4.74 Å². The van der Waals surface area contributed by atoms with Crippen molar-refractivity contribution in [2.24, 2.45) is 0 Å². The SMILES string of the molecule is CCOc1ccc(N2C(=S)N[C@@H](c3ccccn3)[C@H]2c2cc(C)n(-c3ccccc3)c2C)cc1. The van der Waals surface area contributed by atoms with Crippen LogP contribution in [0.3, 0.4) is 0 Å². The molecule has 5 rings (SSSR count). The maximum atomic E-state index is 5.89. The van der Waals surface area contributed by atoms with Crippen molar-refractivity contribution in [3.8, 4) is 11.4 Å². The molecule has 0 bridgehead atoms. The van der Waals surface area contributed by atoms with E-state index in [-0.39, 0.29) is 12.1 Å². The predicted octanol–water partition coefficient (Wildman–Crippen LogP) is 6.06. The second-order valence-corrected chi connectivity index (χ2v) is 8.81. The van der Waals surface area contributed by atoms with Gasteiger partial charge in [-0.1, -0.05) is 24.3 Å². The average Bonchev–Trinajstić information content (AvgIpc) is 3.36. The van der Waals surface area contributed by atoms with E-state index in [1.807, 2.05) is 43.5 Å². The molecule has 1 saturated heterocycles. The largest absolute Gasteiger partial charge is 0.494 e. The summed E-state index contributed by atoms with van der Waals surface area (Å²) in [7, 11) is 0. The number of pyridine rings is 1. The average molecular weight is 469 g/mol. The van der Waals surface area contributed by atoms with E-state index in [2.05, 4.69) is 82.1 Å². The quantitative estimate of drug-likeness (QED) is 0.348. The van der Waals surface area contributed by atoms with Crippen molar-refractivity contribution in [3.05, 3.63) is 108 Å². The topological polar surface area (TPSA) is 42.3 Å². The van der Waals surface area contributed by atoms with E-state index < -0.39 is 0 Å². The Morgan fingerprint density at radius 1 is 0.941 bits per heavy atom. The van der Waals surface area contributed by atoms with E-state index in [0.29, 0.717) is 11.7 Å². The minimum Gasteiger partial charge on any atom is -0.494 e. The number of anilines is 1. The van der Waals surface area contributed by atoms with Gasteiger partial charge in [-0.05, 0) is 93.1 Å². The molecule has 0 unspecified atom stereocenters. The molecule has 0 amide bonds. The molecule has 0 saturated carbocycles. The first-order valence-electron chi connectivity index (χ1n) is 11.6. The van der Waals surface area contributed by atoms with Crippen LogP contribution in [0.25, 0.3) is 5.69 Å². The molecule has 1 fully saturated rings. The number of para-hydroxylation sites is 1. The van der Waals surface area contributed by atoms with E-state index in [1.54, 1.807) is 0 Å². The van der Waals surface area contributed by atoms with Crippen molar-refractivity contribution in [2.45, 2.75) is 32.9 Å². The first-order valence-corrected chi connectivity index (χ1v) is 12.0. The van der Waals surface area contributed by atoms with Gasteiger partial charge in [-0.15, -0.1) is 0 Å². The van der Waals surface area contributed by atoms with Gasteiger partial charge < -0.3 is 19.5 Å². The van der Waals surface area contributed by atoms with Gasteiger partial charge in [-0.2, -0.15) is 0 Å². The smallest absolute Gasteiger partial charge is 0.174 e. The Labute approximate surface area is 206 Å². The molecule has 5 nitrogen and oxygen atoms in total. The first-order chi connectivity index (χ1) is 16.6. The van der Waals surface area contributed by atoms with Gasteiger partial charge in [-0.25, -0.2) is 0 Å². The van der Waals surface area contributed by atoms with Gasteiger partial charge in [0.25, 0.3) is 0 Å². The summed E-state index contributed by atoms with van der Waals surface area (Å²) in [4.78, 5) is 6.89. The minimum absolute atomic E-state index is 0.0518. The van der Waals surface area contributed by atoms with Crippen LogP contribution in [0.5, 0.6) is 5.75 Å². The maximum Gasteiger partial charge on any atom is 0.174 e. The van der Waals surface area contributed by atoms with Crippen LogP contribution in [0.15, 0.2) is 85.1 Å². The zero-order valence-electron chi connectivity index (χ0n) is 19.6. The molecule has 6 heteroatoms. The Bertz CT molecular complexity index is 1290. The van der Waals surface area contributed by atoms with Crippen molar-refractivity contribution in [1.29, 1.82) is 0 Å². The first kappa shape index (κ1) is 22.2. The number of rotatable bonds is 6. The Hall–Kier alpha value is -3.64. The molecule has 1 aliphatic heterocycles. The molecule has 0 spiro atoms. The summed E-state index contributed by atoms with van der Waals surface area (Å²) < 4.78 is 7.97. The molecule has 34 heavy (non-hydrogen) atoms. The lowest BCUT2D eigenvalue weighted by Gasteiger charge is -2.28. The zero-order chi connectivity index (χ0) is 23.7. The van der Waals surface area contributed by atoms with Crippen molar-refractivity contribution in [1.82, 2.24) is 14.9 Å². The number of nitrogens with one attached hydrogen (secondary N) is 1. The Morgan fingerprint density at radius 3 is 2.35 bits per heavy atom. The van der Waals surface area contributed by atoms with Crippen LogP contribution in [0, 0.1) is 13.8 Å². The number of benzene rings is 2. The van der Waals surface area contributed by atoms with E-state index in [1.165, 1.54) is 17.0 Å². The summed E-state index contributed by atoms with van der Waals surface area (Å²) in [6.07, 6.45) is 1.84. The summed E-state index contributed by atoms with van der Waals surface area (Å²) in [5.41, 5.74) is 6.74. The fraction of sp³-hybridized carbons (Fsp3) is 0.214. The van der Waals surface area contributed by atoms with E-state index in [9.17, 15) is 0 Å². The maximum absolute atomic E-state index is 5.89. The summed E-state index contributed by atoms with van der Waals surface area (Å²) in [5, 5.41) is 4.25. The highest BCUT2D eigenvalue weighted by Gasteiger charge is 2.42. The van der Waals surface area contributed by atoms with Gasteiger partial charge in [0, 0.05) is 29.0 Å². The molecule has 4 aromatic rings. The monoisotopic (exact) mass is 468 g/mol. The van der Waals surface area contributed by atoms with E-state index >= 15 is 0 Å². The third-order valence-electron chi connectivity index (χ3n) is 6.33. The summed E-state index contributed by atoms with van der Waals surface area (Å²) >= 11 is 5.89. The summed E-state index contributed by atoms with van der Waals surface area (Å²) in [5.74, 6) is 0.851. The van der Waals surface area contributed by atoms with Crippen molar-refractivity contribution in [2.75, 3.05) is 11.5 Å². The molecule has 3 heterocycles. The van der Waals surface area contributed by atoms with Crippen LogP contribution in [-0.2, 0) is 0 Å². The van der Waals surface area contributed by atoms with Crippen LogP contribution in [0.4, 0.5) is 5.69 Å². The lowest BCUT2D eigenvalue weighted by molar-refractivity contribution is 0.340. The van der Waals surface area contributed by atoms with Crippen LogP contribution in [0.2, 0.25) is 0 Å². The van der Waals surface area contributed by atoms with Crippen LogP contribution < -0.4 is 15.0 Å². The van der Waals surface area contributed by atoms with Crippen molar-refractivity contribution in [3.63, 3.8) is 0 Å². The molecule has 2 aromatic heterocycles. The van der Waals surface area contributed by atoms with Gasteiger partial charge in [0.2, 0.25) is 0 Å². The number of thiocarbonyl (C=S) groups is 1. The van der Waals surface area contributed by atoms with Crippen molar-refractivity contribution >= 4 is 23.0 Å². The second-order valence-electron chi connectivity index (χ2n) is 8.42. The molecular formula is C28H28N4OS. The molecular weight excluding hydrogens is 440 g/mol. The molecule has 0 aliphatic carbocycles. The molecule has 1 N–H and O–H groups in total. The van der Waals surface area contributed by atoms with Gasteiger partial charge in [-0.3, -0.25) is 4.98 Å². The summed E-state index contributed by atoms with van der Waals surface area (Å²) in [6, 6.07) is 26.8. The van der Waals surface area contributed by atoms with Gasteiger partial charge in [0.15, 0.2) is 5.11 Å². The third-order valence-corrected chi connectivity index (χ3v) is 6.64. The number of ether oxygens (including phenoxy) is 1. The standard InChI is InChI=1S/C28H28N4OS/c1-4-33-23-15-13-22(14-16-23)32-27(26(30-28(32)34)25-12-8-9-17-29-25)24-18-19(2)31(20(24)3)21-10-6-5-7-11-21/h5-18,26-27H,4H2,1-3H3,(H,30,34)/t26-,27+/m0/s1. The van der Waals surface area contributed by atoms with Crippen LogP contribution in [-0.4, -0.2) is 21.3 Å². The predicted molar refractivity (Wildman–Crippen MR) is 141 cm³/mol. The molecule has 2 atom stereocenters. The van der Waals surface area contributed by atoms with E-state index in [0.717, 1.165) is 22.8 Å². The Morgan fingerprint density at radius 2 is 1.68 bits per heavy atom. The third kappa shape index (κ3) is 3.94. The fourth-order valence-corrected chi connectivity index (χ4v) is 5.23. The highest BCUT2D eigenvalue weighted by Crippen LogP contribution is 2.44. The Kier molecular flexibility index (Phi) is 6.07. The van der Waals surface area contributed by atoms with E-state index in [4.69, 9.17) is 17.0 Å². The van der Waals surface area contributed by atoms with Crippen LogP contribution in [0.1, 0.15) is 41.7 Å². The van der Waals surface area contributed by atoms with Gasteiger partial charge in [0.05, 0.1) is 24.4 Å². The molecule has 1 aliphatic rings. The second kappa shape index (κ2) is 9.31. The number of aromatic nitrogens is 2. The number of hydrogen-bond donors (Lipinski definition) is 1. The molecule has 0 radical (unpaired) electrons. The van der Waals surface area contributed by atoms with Gasteiger partial charge >= 0.3 is 0 Å². The number of nitrogens with zero attached hydrogens (tertiary/aromatic N) is 3. The lowest BCUT2D eigenvalue weighted by atomic mass is 9.96. The number of hydrogen-bond acceptors (Lipinski definition) is 3. The van der Waals surface area contributed by atoms with Crippen LogP contribution >= 0.6 is 12.2 Å². The molecule has 172 valence electrons. The highest BCUT2D eigenvalue weighted by molar-refractivity contribution is 7.80. The minimum atomic E-state index is -0.0787. The fourth-order valence-electron chi connectivity index (χ4n) is 4.88. The normalized spacial score (nSPS) is 17.6. The lowest BCUT2D eigenvalue weighted by Crippen LogP contribution is -2.29. The zero-order valence-corrected chi connectivity index (χ0v) is 20.4. The molecule has 2 aromatic carbocycles.